The van der Waals surface area contributed by atoms with Crippen LogP contribution in [0.3, 0.4) is 0 Å². The molecule has 8 heteroatoms. The van der Waals surface area contributed by atoms with Gasteiger partial charge in [-0.25, -0.2) is 9.59 Å². The van der Waals surface area contributed by atoms with Crippen LogP contribution in [0.4, 0.5) is 4.79 Å². The smallest absolute Gasteiger partial charge is 0.408 e. The van der Waals surface area contributed by atoms with Gasteiger partial charge in [-0.1, -0.05) is 48.5 Å². The third-order valence-electron chi connectivity index (χ3n) is 7.11. The standard InChI is InChI=1S/C26H28N2O6/c29-23(30)22(16-9-10-16)27-24(31)26(11-13-33-14-12-26)28-25(32)34-15-21-19-7-3-1-5-17(19)18-6-2-4-8-20(18)21/h1-8,16,21-22H,9-15H2,(H,27,31)(H,28,32)(H,29,30). The molecule has 1 saturated carbocycles. The summed E-state index contributed by atoms with van der Waals surface area (Å²) in [7, 11) is 0. The number of fused-ring (bicyclic) bond motifs is 3. The average molecular weight is 465 g/mol. The highest BCUT2D eigenvalue weighted by atomic mass is 16.5. The molecule has 0 bridgehead atoms. The number of carboxylic acids is 1. The number of hydrogen-bond acceptors (Lipinski definition) is 5. The zero-order chi connectivity index (χ0) is 23.7. The number of aliphatic carboxylic acids is 1. The molecule has 1 atom stereocenters. The van der Waals surface area contributed by atoms with E-state index in [0.29, 0.717) is 0 Å². The number of carboxylic acid groups (broad SMARTS) is 1. The predicted molar refractivity (Wildman–Crippen MR) is 123 cm³/mol. The zero-order valence-electron chi connectivity index (χ0n) is 18.8. The number of carbonyl (C=O) groups excluding carboxylic acids is 2. The fraction of sp³-hybridized carbons (Fsp3) is 0.423. The maximum absolute atomic E-state index is 13.2. The van der Waals surface area contributed by atoms with Crippen LogP contribution in [0, 0.1) is 5.92 Å². The molecule has 3 N–H and O–H groups in total. The first-order chi connectivity index (χ1) is 16.5. The third kappa shape index (κ3) is 4.25. The van der Waals surface area contributed by atoms with E-state index in [0.717, 1.165) is 35.1 Å². The van der Waals surface area contributed by atoms with Crippen LogP contribution in [0.5, 0.6) is 0 Å². The molecule has 0 radical (unpaired) electrons. The molecule has 5 rings (SSSR count). The first kappa shape index (κ1) is 22.4. The van der Waals surface area contributed by atoms with Crippen molar-refractivity contribution in [1.29, 1.82) is 0 Å². The summed E-state index contributed by atoms with van der Waals surface area (Å²) in [5.74, 6) is -1.71. The first-order valence-corrected chi connectivity index (χ1v) is 11.7. The molecule has 2 amide bonds. The Labute approximate surface area is 197 Å². The van der Waals surface area contributed by atoms with E-state index in [1.807, 2.05) is 36.4 Å². The molecular formula is C26H28N2O6. The Morgan fingerprint density at radius 2 is 1.59 bits per heavy atom. The summed E-state index contributed by atoms with van der Waals surface area (Å²) >= 11 is 0. The van der Waals surface area contributed by atoms with Crippen LogP contribution in [-0.2, 0) is 19.1 Å². The summed E-state index contributed by atoms with van der Waals surface area (Å²) in [6.07, 6.45) is 1.35. The minimum atomic E-state index is -1.26. The lowest BCUT2D eigenvalue weighted by Crippen LogP contribution is -2.63. The second kappa shape index (κ2) is 9.10. The topological polar surface area (TPSA) is 114 Å². The molecule has 2 fully saturated rings. The van der Waals surface area contributed by atoms with Gasteiger partial charge in [0.05, 0.1) is 0 Å². The number of ether oxygens (including phenoxy) is 2. The summed E-state index contributed by atoms with van der Waals surface area (Å²) < 4.78 is 11.0. The molecule has 1 aliphatic heterocycles. The number of amides is 2. The molecule has 1 heterocycles. The molecule has 2 aromatic carbocycles. The largest absolute Gasteiger partial charge is 0.480 e. The average Bonchev–Trinajstić information content (AvgIpc) is 3.63. The van der Waals surface area contributed by atoms with Crippen molar-refractivity contribution in [3.8, 4) is 11.1 Å². The number of hydrogen-bond donors (Lipinski definition) is 3. The number of benzene rings is 2. The molecule has 178 valence electrons. The second-order valence-corrected chi connectivity index (χ2v) is 9.27. The number of nitrogens with one attached hydrogen (secondary N) is 2. The number of alkyl carbamates (subject to hydrolysis) is 1. The van der Waals surface area contributed by atoms with E-state index < -0.39 is 29.6 Å². The molecule has 8 nitrogen and oxygen atoms in total. The molecule has 2 aromatic rings. The first-order valence-electron chi connectivity index (χ1n) is 11.7. The van der Waals surface area contributed by atoms with Gasteiger partial charge in [0.25, 0.3) is 0 Å². The normalized spacial score (nSPS) is 19.4. The monoisotopic (exact) mass is 464 g/mol. The van der Waals surface area contributed by atoms with Crippen molar-refractivity contribution in [2.45, 2.75) is 43.2 Å². The number of carbonyl (C=O) groups is 3. The fourth-order valence-electron chi connectivity index (χ4n) is 5.05. The van der Waals surface area contributed by atoms with Gasteiger partial charge in [0.2, 0.25) is 5.91 Å². The van der Waals surface area contributed by atoms with Crippen molar-refractivity contribution in [3.63, 3.8) is 0 Å². The van der Waals surface area contributed by atoms with Gasteiger partial charge < -0.3 is 25.2 Å². The Morgan fingerprint density at radius 1 is 1.00 bits per heavy atom. The van der Waals surface area contributed by atoms with Crippen molar-refractivity contribution in [1.82, 2.24) is 10.6 Å². The van der Waals surface area contributed by atoms with Gasteiger partial charge in [-0.3, -0.25) is 4.79 Å². The van der Waals surface area contributed by atoms with Gasteiger partial charge >= 0.3 is 12.1 Å². The maximum atomic E-state index is 13.2. The van der Waals surface area contributed by atoms with Gasteiger partial charge in [0.15, 0.2) is 0 Å². The Morgan fingerprint density at radius 3 is 2.15 bits per heavy atom. The zero-order valence-corrected chi connectivity index (χ0v) is 18.8. The quantitative estimate of drug-likeness (QED) is 0.580. The molecule has 1 unspecified atom stereocenters. The lowest BCUT2D eigenvalue weighted by molar-refractivity contribution is -0.144. The van der Waals surface area contributed by atoms with E-state index >= 15 is 0 Å². The lowest BCUT2D eigenvalue weighted by atomic mass is 9.88. The van der Waals surface area contributed by atoms with E-state index in [9.17, 15) is 19.5 Å². The van der Waals surface area contributed by atoms with E-state index in [2.05, 4.69) is 22.8 Å². The van der Waals surface area contributed by atoms with Crippen LogP contribution >= 0.6 is 0 Å². The maximum Gasteiger partial charge on any atom is 0.408 e. The van der Waals surface area contributed by atoms with E-state index in [-0.39, 0.29) is 44.5 Å². The number of rotatable bonds is 7. The summed E-state index contributed by atoms with van der Waals surface area (Å²) in [6.45, 7) is 0.713. The summed E-state index contributed by atoms with van der Waals surface area (Å²) in [5.41, 5.74) is 3.20. The highest BCUT2D eigenvalue weighted by molar-refractivity contribution is 5.93. The predicted octanol–water partition coefficient (Wildman–Crippen LogP) is 3.05. The van der Waals surface area contributed by atoms with Crippen LogP contribution in [0.1, 0.15) is 42.7 Å². The van der Waals surface area contributed by atoms with Crippen molar-refractivity contribution in [3.05, 3.63) is 59.7 Å². The molecule has 0 spiro atoms. The Bertz CT molecular complexity index is 1060. The highest BCUT2D eigenvalue weighted by Crippen LogP contribution is 2.44. The third-order valence-corrected chi connectivity index (χ3v) is 7.11. The molecule has 34 heavy (non-hydrogen) atoms. The van der Waals surface area contributed by atoms with Crippen molar-refractivity contribution < 1.29 is 29.0 Å². The Hall–Kier alpha value is -3.39. The summed E-state index contributed by atoms with van der Waals surface area (Å²) in [6, 6.07) is 15.2. The van der Waals surface area contributed by atoms with Crippen LogP contribution in [-0.4, -0.2) is 54.5 Å². The van der Waals surface area contributed by atoms with Crippen molar-refractivity contribution in [2.75, 3.05) is 19.8 Å². The lowest BCUT2D eigenvalue weighted by Gasteiger charge is -2.36. The van der Waals surface area contributed by atoms with Crippen molar-refractivity contribution in [2.24, 2.45) is 5.92 Å². The van der Waals surface area contributed by atoms with Gasteiger partial charge in [-0.05, 0) is 41.0 Å². The van der Waals surface area contributed by atoms with E-state index in [4.69, 9.17) is 9.47 Å². The van der Waals surface area contributed by atoms with E-state index in [1.54, 1.807) is 0 Å². The van der Waals surface area contributed by atoms with Gasteiger partial charge in [-0.15, -0.1) is 0 Å². The van der Waals surface area contributed by atoms with Gasteiger partial charge in [0, 0.05) is 32.0 Å². The summed E-state index contributed by atoms with van der Waals surface area (Å²) in [4.78, 5) is 37.7. The van der Waals surface area contributed by atoms with Crippen molar-refractivity contribution >= 4 is 18.0 Å². The Balaban J connectivity index is 1.28. The molecular weight excluding hydrogens is 436 g/mol. The van der Waals surface area contributed by atoms with E-state index in [1.165, 1.54) is 0 Å². The molecule has 2 aliphatic carbocycles. The minimum Gasteiger partial charge on any atom is -0.480 e. The minimum absolute atomic E-state index is 0.0622. The van der Waals surface area contributed by atoms with Crippen LogP contribution in [0.2, 0.25) is 0 Å². The van der Waals surface area contributed by atoms with Crippen LogP contribution in [0.15, 0.2) is 48.5 Å². The second-order valence-electron chi connectivity index (χ2n) is 9.27. The summed E-state index contributed by atoms with van der Waals surface area (Å²) in [5, 5.41) is 14.9. The van der Waals surface area contributed by atoms with Crippen LogP contribution in [0.25, 0.3) is 11.1 Å². The molecule has 1 saturated heterocycles. The van der Waals surface area contributed by atoms with Crippen LogP contribution < -0.4 is 10.6 Å². The Kier molecular flexibility index (Phi) is 6.00. The fourth-order valence-corrected chi connectivity index (χ4v) is 5.05. The van der Waals surface area contributed by atoms with Gasteiger partial charge in [0.1, 0.15) is 18.2 Å². The molecule has 3 aliphatic rings. The highest BCUT2D eigenvalue weighted by Gasteiger charge is 2.46. The molecule has 0 aromatic heterocycles. The SMILES string of the molecule is O=C(NC1(C(=O)NC(C(=O)O)C2CC2)CCOCC1)OCC1c2ccccc2-c2ccccc21. The van der Waals surface area contributed by atoms with Gasteiger partial charge in [-0.2, -0.15) is 0 Å².